The first-order valence-electron chi connectivity index (χ1n) is 3.84. The molecule has 0 spiro atoms. The molecule has 0 bridgehead atoms. The van der Waals surface area contributed by atoms with Crippen LogP contribution in [-0.4, -0.2) is 36.9 Å². The fourth-order valence-corrected chi connectivity index (χ4v) is 0.750. The third kappa shape index (κ3) is 3.25. The van der Waals surface area contributed by atoms with Crippen molar-refractivity contribution in [2.75, 3.05) is 20.8 Å². The topological polar surface area (TPSA) is 28.5 Å². The summed E-state index contributed by atoms with van der Waals surface area (Å²) in [6.07, 6.45) is 3.54. The highest BCUT2D eigenvalue weighted by Gasteiger charge is 1.85. The Morgan fingerprint density at radius 3 is 2.92 bits per heavy atom. The molecule has 0 fully saturated rings. The highest BCUT2D eigenvalue weighted by atomic mass is 15.1. The molecule has 0 atom stereocenters. The van der Waals surface area contributed by atoms with Crippen LogP contribution in [0.1, 0.15) is 5.69 Å². The Morgan fingerprint density at radius 2 is 2.33 bits per heavy atom. The second kappa shape index (κ2) is 4.62. The third-order valence-corrected chi connectivity index (χ3v) is 1.28. The molecule has 0 N–H and O–H groups in total. The average molecular weight is 163 g/mol. The normalized spacial score (nSPS) is 11.2. The number of hydrogen-bond donors (Lipinski definition) is 0. The molecule has 1 aromatic heterocycles. The van der Waals surface area contributed by atoms with Crippen LogP contribution >= 0.6 is 0 Å². The molecule has 3 nitrogen and oxygen atoms in total. The van der Waals surface area contributed by atoms with Crippen molar-refractivity contribution in [3.63, 3.8) is 0 Å². The second-order valence-electron chi connectivity index (χ2n) is 2.79. The first-order chi connectivity index (χ1) is 5.79. The van der Waals surface area contributed by atoms with Crippen LogP contribution in [0.5, 0.6) is 0 Å². The molecule has 12 heavy (non-hydrogen) atoms. The lowest BCUT2D eigenvalue weighted by atomic mass is 10.4. The Kier molecular flexibility index (Phi) is 3.41. The quantitative estimate of drug-likeness (QED) is 0.622. The maximum Gasteiger partial charge on any atom is 0.0905 e. The molecule has 0 saturated carbocycles. The van der Waals surface area contributed by atoms with Crippen LogP contribution in [0.3, 0.4) is 0 Å². The summed E-state index contributed by atoms with van der Waals surface area (Å²) in [7, 11) is 3.96. The lowest BCUT2D eigenvalue weighted by molar-refractivity contribution is 0.425. The summed E-state index contributed by atoms with van der Waals surface area (Å²) in [6, 6.07) is 5.77. The zero-order chi connectivity index (χ0) is 8.81. The summed E-state index contributed by atoms with van der Waals surface area (Å²) in [6.45, 7) is 0.705. The van der Waals surface area contributed by atoms with Gasteiger partial charge in [-0.25, -0.2) is 0 Å². The maximum absolute atomic E-state index is 4.18. The number of aliphatic imine (C=N–C) groups is 1. The van der Waals surface area contributed by atoms with Gasteiger partial charge in [0, 0.05) is 12.4 Å². The van der Waals surface area contributed by atoms with Crippen molar-refractivity contribution in [3.8, 4) is 0 Å². The van der Waals surface area contributed by atoms with Gasteiger partial charge in [-0.2, -0.15) is 0 Å². The van der Waals surface area contributed by atoms with E-state index in [1.165, 1.54) is 0 Å². The molecule has 1 rings (SSSR count). The van der Waals surface area contributed by atoms with E-state index >= 15 is 0 Å². The van der Waals surface area contributed by atoms with E-state index in [1.807, 2.05) is 37.2 Å². The van der Waals surface area contributed by atoms with Gasteiger partial charge in [-0.05, 0) is 26.2 Å². The van der Waals surface area contributed by atoms with Gasteiger partial charge in [0.05, 0.1) is 12.4 Å². The molecule has 3 heteroatoms. The molecule has 0 amide bonds. The van der Waals surface area contributed by atoms with E-state index in [9.17, 15) is 0 Å². The van der Waals surface area contributed by atoms with Crippen molar-refractivity contribution in [2.45, 2.75) is 0 Å². The zero-order valence-electron chi connectivity index (χ0n) is 7.44. The minimum atomic E-state index is 0.705. The molecule has 1 heterocycles. The van der Waals surface area contributed by atoms with Gasteiger partial charge in [0.25, 0.3) is 0 Å². The van der Waals surface area contributed by atoms with E-state index in [0.717, 1.165) is 5.69 Å². The fourth-order valence-electron chi connectivity index (χ4n) is 0.750. The molecular formula is C9H13N3. The highest BCUT2D eigenvalue weighted by molar-refractivity contribution is 5.76. The smallest absolute Gasteiger partial charge is 0.0905 e. The third-order valence-electron chi connectivity index (χ3n) is 1.28. The predicted octanol–water partition coefficient (Wildman–Crippen LogP) is 1.02. The minimum absolute atomic E-state index is 0.705. The first-order valence-corrected chi connectivity index (χ1v) is 3.84. The number of hydrogen-bond acceptors (Lipinski definition) is 3. The molecule has 0 unspecified atom stereocenters. The monoisotopic (exact) mass is 163 g/mol. The van der Waals surface area contributed by atoms with Crippen molar-refractivity contribution in [1.29, 1.82) is 0 Å². The Labute approximate surface area is 72.8 Å². The SMILES string of the molecule is CN(C)C/N=C\c1ccccn1. The molecule has 0 aliphatic rings. The molecule has 64 valence electrons. The lowest BCUT2D eigenvalue weighted by Crippen LogP contribution is -2.10. The van der Waals surface area contributed by atoms with Gasteiger partial charge in [-0.15, -0.1) is 0 Å². The standard InChI is InChI=1S/C9H13N3/c1-12(2)8-10-7-9-5-3-4-6-11-9/h3-7H,8H2,1-2H3/b10-7-. The van der Waals surface area contributed by atoms with Crippen LogP contribution in [0.25, 0.3) is 0 Å². The van der Waals surface area contributed by atoms with Crippen LogP contribution in [0.4, 0.5) is 0 Å². The van der Waals surface area contributed by atoms with E-state index in [2.05, 4.69) is 9.98 Å². The van der Waals surface area contributed by atoms with Crippen LogP contribution in [0.2, 0.25) is 0 Å². The minimum Gasteiger partial charge on any atom is -0.291 e. The Balaban J connectivity index is 2.47. The summed E-state index contributed by atoms with van der Waals surface area (Å²) in [4.78, 5) is 10.3. The molecule has 1 aromatic rings. The lowest BCUT2D eigenvalue weighted by Gasteiger charge is -2.02. The largest absolute Gasteiger partial charge is 0.291 e. The van der Waals surface area contributed by atoms with E-state index in [4.69, 9.17) is 0 Å². The van der Waals surface area contributed by atoms with Gasteiger partial charge in [-0.3, -0.25) is 14.9 Å². The maximum atomic E-state index is 4.18. The fraction of sp³-hybridized carbons (Fsp3) is 0.333. The number of pyridine rings is 1. The van der Waals surface area contributed by atoms with Crippen LogP contribution in [0, 0.1) is 0 Å². The van der Waals surface area contributed by atoms with E-state index in [1.54, 1.807) is 12.4 Å². The zero-order valence-corrected chi connectivity index (χ0v) is 7.44. The number of aromatic nitrogens is 1. The van der Waals surface area contributed by atoms with Gasteiger partial charge in [0.1, 0.15) is 0 Å². The molecular weight excluding hydrogens is 150 g/mol. The Morgan fingerprint density at radius 1 is 1.50 bits per heavy atom. The number of rotatable bonds is 3. The predicted molar refractivity (Wildman–Crippen MR) is 50.4 cm³/mol. The van der Waals surface area contributed by atoms with Crippen LogP contribution in [-0.2, 0) is 0 Å². The van der Waals surface area contributed by atoms with Gasteiger partial charge >= 0.3 is 0 Å². The Bertz CT molecular complexity index is 241. The summed E-state index contributed by atoms with van der Waals surface area (Å²) >= 11 is 0. The second-order valence-corrected chi connectivity index (χ2v) is 2.79. The summed E-state index contributed by atoms with van der Waals surface area (Å²) < 4.78 is 0. The van der Waals surface area contributed by atoms with Gasteiger partial charge in [0.2, 0.25) is 0 Å². The van der Waals surface area contributed by atoms with Gasteiger partial charge in [0.15, 0.2) is 0 Å². The summed E-state index contributed by atoms with van der Waals surface area (Å²) in [5, 5.41) is 0. The molecule has 0 radical (unpaired) electrons. The Hall–Kier alpha value is -1.22. The van der Waals surface area contributed by atoms with Crippen molar-refractivity contribution in [2.24, 2.45) is 4.99 Å². The van der Waals surface area contributed by atoms with E-state index in [0.29, 0.717) is 6.67 Å². The molecule has 0 aliphatic carbocycles. The summed E-state index contributed by atoms with van der Waals surface area (Å²) in [5.41, 5.74) is 0.902. The van der Waals surface area contributed by atoms with E-state index < -0.39 is 0 Å². The molecule has 0 saturated heterocycles. The average Bonchev–Trinajstić information content (AvgIpc) is 2.05. The van der Waals surface area contributed by atoms with Crippen LogP contribution < -0.4 is 0 Å². The van der Waals surface area contributed by atoms with Gasteiger partial charge in [-0.1, -0.05) is 6.07 Å². The summed E-state index contributed by atoms with van der Waals surface area (Å²) in [5.74, 6) is 0. The highest BCUT2D eigenvalue weighted by Crippen LogP contribution is 1.88. The van der Waals surface area contributed by atoms with E-state index in [-0.39, 0.29) is 0 Å². The number of nitrogens with zero attached hydrogens (tertiary/aromatic N) is 3. The van der Waals surface area contributed by atoms with Crippen molar-refractivity contribution in [1.82, 2.24) is 9.88 Å². The van der Waals surface area contributed by atoms with Crippen LogP contribution in [0.15, 0.2) is 29.4 Å². The van der Waals surface area contributed by atoms with Crippen molar-refractivity contribution >= 4 is 6.21 Å². The molecule has 0 aromatic carbocycles. The van der Waals surface area contributed by atoms with Crippen molar-refractivity contribution < 1.29 is 0 Å². The van der Waals surface area contributed by atoms with Crippen molar-refractivity contribution in [3.05, 3.63) is 30.1 Å². The first kappa shape index (κ1) is 8.87. The van der Waals surface area contributed by atoms with Gasteiger partial charge < -0.3 is 0 Å². The molecule has 0 aliphatic heterocycles.